The van der Waals surface area contributed by atoms with Gasteiger partial charge in [-0.1, -0.05) is 34.6 Å². The maximum Gasteiger partial charge on any atom is 0.225 e. The van der Waals surface area contributed by atoms with Gasteiger partial charge in [0.1, 0.15) is 0 Å². The molecule has 0 aromatic carbocycles. The van der Waals surface area contributed by atoms with Crippen LogP contribution in [0.4, 0.5) is 0 Å². The number of carbonyl (C=O) groups excluding carboxylic acids is 1. The van der Waals surface area contributed by atoms with Gasteiger partial charge in [0, 0.05) is 24.5 Å². The molecule has 0 radical (unpaired) electrons. The number of nitrogens with zero attached hydrogens (tertiary/aromatic N) is 1. The number of nitrogens with one attached hydrogen (secondary N) is 3. The zero-order valence-electron chi connectivity index (χ0n) is 16.0. The topological polar surface area (TPSA) is 65.5 Å². The quantitative estimate of drug-likeness (QED) is 0.235. The average Bonchev–Trinajstić information content (AvgIpc) is 2.40. The predicted molar refractivity (Wildman–Crippen MR) is 111 cm³/mol. The first-order chi connectivity index (χ1) is 10.2. The Morgan fingerprint density at radius 3 is 2.17 bits per heavy atom. The highest BCUT2D eigenvalue weighted by Gasteiger charge is 2.20. The first-order valence-electron chi connectivity index (χ1n) is 8.50. The standard InChI is InChI=1S/C17H36N4O.HI/c1-8-18-16(21-14(4)10-9-13(2)3)20-12-11-19-15(22)17(5,6)7;/h13-14H,8-12H2,1-7H3,(H,19,22)(H2,18,20,21);1H. The Kier molecular flexibility index (Phi) is 13.8. The molecule has 0 aromatic heterocycles. The van der Waals surface area contributed by atoms with E-state index in [0.29, 0.717) is 19.1 Å². The highest BCUT2D eigenvalue weighted by Crippen LogP contribution is 2.11. The monoisotopic (exact) mass is 440 g/mol. The predicted octanol–water partition coefficient (Wildman–Crippen LogP) is 3.15. The number of carbonyl (C=O) groups is 1. The summed E-state index contributed by atoms with van der Waals surface area (Å²) in [6.07, 6.45) is 2.33. The van der Waals surface area contributed by atoms with E-state index in [1.165, 1.54) is 6.42 Å². The number of hydrogen-bond acceptors (Lipinski definition) is 2. The summed E-state index contributed by atoms with van der Waals surface area (Å²) in [4.78, 5) is 16.3. The zero-order chi connectivity index (χ0) is 17.2. The SMILES string of the molecule is CCNC(=NCCNC(=O)C(C)(C)C)NC(C)CCC(C)C.I. The smallest absolute Gasteiger partial charge is 0.225 e. The van der Waals surface area contributed by atoms with E-state index in [4.69, 9.17) is 0 Å². The minimum atomic E-state index is -0.349. The van der Waals surface area contributed by atoms with Crippen LogP contribution < -0.4 is 16.0 Å². The van der Waals surface area contributed by atoms with Gasteiger partial charge in [-0.15, -0.1) is 24.0 Å². The Bertz CT molecular complexity index is 351. The number of halogens is 1. The summed E-state index contributed by atoms with van der Waals surface area (Å²) in [5.41, 5.74) is -0.349. The van der Waals surface area contributed by atoms with Crippen LogP contribution in [0.5, 0.6) is 0 Å². The Morgan fingerprint density at radius 2 is 1.70 bits per heavy atom. The van der Waals surface area contributed by atoms with E-state index in [1.807, 2.05) is 20.8 Å². The molecule has 1 unspecified atom stereocenters. The minimum absolute atomic E-state index is 0. The van der Waals surface area contributed by atoms with E-state index in [9.17, 15) is 4.79 Å². The van der Waals surface area contributed by atoms with E-state index >= 15 is 0 Å². The number of rotatable bonds is 8. The van der Waals surface area contributed by atoms with Crippen molar-refractivity contribution in [1.82, 2.24) is 16.0 Å². The maximum absolute atomic E-state index is 11.8. The third-order valence-corrected chi connectivity index (χ3v) is 3.25. The lowest BCUT2D eigenvalue weighted by molar-refractivity contribution is -0.128. The molecule has 138 valence electrons. The molecule has 0 saturated heterocycles. The van der Waals surface area contributed by atoms with Crippen molar-refractivity contribution in [3.8, 4) is 0 Å². The van der Waals surface area contributed by atoms with Crippen molar-refractivity contribution < 1.29 is 4.79 Å². The van der Waals surface area contributed by atoms with Crippen molar-refractivity contribution in [2.75, 3.05) is 19.6 Å². The van der Waals surface area contributed by atoms with Gasteiger partial charge in [0.2, 0.25) is 5.91 Å². The molecule has 0 aliphatic rings. The molecule has 0 bridgehead atoms. The summed E-state index contributed by atoms with van der Waals surface area (Å²) in [6, 6.07) is 0.393. The molecule has 5 nitrogen and oxygen atoms in total. The van der Waals surface area contributed by atoms with Gasteiger partial charge in [0.15, 0.2) is 5.96 Å². The van der Waals surface area contributed by atoms with Crippen molar-refractivity contribution in [2.45, 2.75) is 67.3 Å². The van der Waals surface area contributed by atoms with Crippen molar-refractivity contribution >= 4 is 35.8 Å². The van der Waals surface area contributed by atoms with Crippen LogP contribution in [0, 0.1) is 11.3 Å². The number of amides is 1. The van der Waals surface area contributed by atoms with Crippen LogP contribution in [0.25, 0.3) is 0 Å². The van der Waals surface area contributed by atoms with Gasteiger partial charge in [-0.05, 0) is 32.6 Å². The molecule has 0 fully saturated rings. The summed E-state index contributed by atoms with van der Waals surface area (Å²) < 4.78 is 0. The van der Waals surface area contributed by atoms with Crippen LogP contribution >= 0.6 is 24.0 Å². The third kappa shape index (κ3) is 13.6. The van der Waals surface area contributed by atoms with E-state index in [0.717, 1.165) is 24.8 Å². The van der Waals surface area contributed by atoms with Crippen molar-refractivity contribution in [2.24, 2.45) is 16.3 Å². The van der Waals surface area contributed by atoms with E-state index in [1.54, 1.807) is 0 Å². The fourth-order valence-electron chi connectivity index (χ4n) is 1.81. The molecule has 0 aromatic rings. The van der Waals surface area contributed by atoms with Crippen molar-refractivity contribution in [3.05, 3.63) is 0 Å². The van der Waals surface area contributed by atoms with Crippen LogP contribution in [-0.2, 0) is 4.79 Å². The largest absolute Gasteiger partial charge is 0.357 e. The molecule has 0 rings (SSSR count). The summed E-state index contributed by atoms with van der Waals surface area (Å²) >= 11 is 0. The molecule has 0 aliphatic carbocycles. The number of guanidine groups is 1. The Balaban J connectivity index is 0. The number of hydrogen-bond donors (Lipinski definition) is 3. The van der Waals surface area contributed by atoms with E-state index in [2.05, 4.69) is 48.6 Å². The lowest BCUT2D eigenvalue weighted by atomic mass is 9.96. The molecule has 0 spiro atoms. The van der Waals surface area contributed by atoms with E-state index < -0.39 is 0 Å². The van der Waals surface area contributed by atoms with Crippen molar-refractivity contribution in [1.29, 1.82) is 0 Å². The molecular weight excluding hydrogens is 403 g/mol. The first-order valence-corrected chi connectivity index (χ1v) is 8.50. The average molecular weight is 440 g/mol. The maximum atomic E-state index is 11.8. The summed E-state index contributed by atoms with van der Waals surface area (Å²) in [5.74, 6) is 1.60. The Morgan fingerprint density at radius 1 is 1.09 bits per heavy atom. The van der Waals surface area contributed by atoms with Gasteiger partial charge in [0.05, 0.1) is 6.54 Å². The van der Waals surface area contributed by atoms with Crippen LogP contribution in [-0.4, -0.2) is 37.5 Å². The minimum Gasteiger partial charge on any atom is -0.357 e. The second-order valence-electron chi connectivity index (χ2n) is 7.28. The van der Waals surface area contributed by atoms with Gasteiger partial charge in [-0.2, -0.15) is 0 Å². The van der Waals surface area contributed by atoms with Gasteiger partial charge >= 0.3 is 0 Å². The normalized spacial score (nSPS) is 13.3. The highest BCUT2D eigenvalue weighted by atomic mass is 127. The first kappa shape index (κ1) is 24.7. The second-order valence-corrected chi connectivity index (χ2v) is 7.28. The summed E-state index contributed by atoms with van der Waals surface area (Å²) in [7, 11) is 0. The molecule has 6 heteroatoms. The zero-order valence-corrected chi connectivity index (χ0v) is 18.3. The molecule has 0 heterocycles. The van der Waals surface area contributed by atoms with Gasteiger partial charge in [-0.3, -0.25) is 9.79 Å². The lowest BCUT2D eigenvalue weighted by Crippen LogP contribution is -2.43. The Hall–Kier alpha value is -0.530. The van der Waals surface area contributed by atoms with Gasteiger partial charge < -0.3 is 16.0 Å². The van der Waals surface area contributed by atoms with Crippen molar-refractivity contribution in [3.63, 3.8) is 0 Å². The summed E-state index contributed by atoms with van der Waals surface area (Å²) in [5, 5.41) is 9.58. The molecule has 1 atom stereocenters. The van der Waals surface area contributed by atoms with E-state index in [-0.39, 0.29) is 35.3 Å². The van der Waals surface area contributed by atoms with Crippen LogP contribution in [0.15, 0.2) is 4.99 Å². The lowest BCUT2D eigenvalue weighted by Gasteiger charge is -2.19. The molecular formula is C17H37IN4O. The van der Waals surface area contributed by atoms with Gasteiger partial charge in [0.25, 0.3) is 0 Å². The molecule has 1 amide bonds. The fourth-order valence-corrected chi connectivity index (χ4v) is 1.81. The summed E-state index contributed by atoms with van der Waals surface area (Å²) in [6.45, 7) is 16.4. The molecule has 0 aliphatic heterocycles. The Labute approximate surface area is 159 Å². The number of aliphatic imine (C=N–C) groups is 1. The van der Waals surface area contributed by atoms with Crippen LogP contribution in [0.3, 0.4) is 0 Å². The molecule has 3 N–H and O–H groups in total. The fraction of sp³-hybridized carbons (Fsp3) is 0.882. The highest BCUT2D eigenvalue weighted by molar-refractivity contribution is 14.0. The van der Waals surface area contributed by atoms with Crippen LogP contribution in [0.2, 0.25) is 0 Å². The molecule has 23 heavy (non-hydrogen) atoms. The third-order valence-electron chi connectivity index (χ3n) is 3.25. The second kappa shape index (κ2) is 12.8. The molecule has 0 saturated carbocycles. The van der Waals surface area contributed by atoms with Crippen LogP contribution in [0.1, 0.15) is 61.3 Å². The van der Waals surface area contributed by atoms with Gasteiger partial charge in [-0.25, -0.2) is 0 Å².